The highest BCUT2D eigenvalue weighted by Gasteiger charge is 2.31. The molecule has 0 fully saturated rings. The number of halogens is 4. The lowest BCUT2D eigenvalue weighted by molar-refractivity contribution is -0.274. The van der Waals surface area contributed by atoms with Crippen molar-refractivity contribution in [1.29, 1.82) is 0 Å². The molecular formula is C22H17ClF3N3O4. The average molecular weight is 480 g/mol. The average Bonchev–Trinajstić information content (AvgIpc) is 2.78. The van der Waals surface area contributed by atoms with E-state index in [1.54, 1.807) is 30.5 Å². The van der Waals surface area contributed by atoms with Crippen LogP contribution in [0.25, 0.3) is 0 Å². The number of hydrogen-bond acceptors (Lipinski definition) is 6. The summed E-state index contributed by atoms with van der Waals surface area (Å²) in [5, 5.41) is 3.02. The molecule has 0 aliphatic carbocycles. The van der Waals surface area contributed by atoms with Gasteiger partial charge in [0.1, 0.15) is 18.1 Å². The lowest BCUT2D eigenvalue weighted by Crippen LogP contribution is -2.30. The molecule has 0 radical (unpaired) electrons. The third kappa shape index (κ3) is 5.06. The first-order valence-electron chi connectivity index (χ1n) is 9.65. The van der Waals surface area contributed by atoms with Crippen molar-refractivity contribution in [1.82, 2.24) is 4.98 Å². The number of pyridine rings is 1. The first-order chi connectivity index (χ1) is 15.7. The Labute approximate surface area is 191 Å². The van der Waals surface area contributed by atoms with Gasteiger partial charge in [0, 0.05) is 11.8 Å². The molecule has 0 spiro atoms. The minimum atomic E-state index is -4.79. The van der Waals surface area contributed by atoms with Gasteiger partial charge in [0.2, 0.25) is 0 Å². The van der Waals surface area contributed by atoms with Gasteiger partial charge < -0.3 is 24.4 Å². The van der Waals surface area contributed by atoms with Gasteiger partial charge in [0.25, 0.3) is 5.91 Å². The van der Waals surface area contributed by atoms with Gasteiger partial charge in [-0.15, -0.1) is 13.2 Å². The number of carbonyl (C=O) groups is 1. The summed E-state index contributed by atoms with van der Waals surface area (Å²) < 4.78 is 51.7. The first kappa shape index (κ1) is 22.5. The fraction of sp³-hybridized carbons (Fsp3) is 0.182. The summed E-state index contributed by atoms with van der Waals surface area (Å²) >= 11 is 6.39. The van der Waals surface area contributed by atoms with Crippen molar-refractivity contribution in [3.8, 4) is 17.2 Å². The molecule has 1 aliphatic heterocycles. The van der Waals surface area contributed by atoms with E-state index in [2.05, 4.69) is 15.0 Å². The van der Waals surface area contributed by atoms with Crippen molar-refractivity contribution in [2.45, 2.75) is 6.36 Å². The van der Waals surface area contributed by atoms with Crippen LogP contribution in [-0.2, 0) is 0 Å². The van der Waals surface area contributed by atoms with E-state index < -0.39 is 12.3 Å². The molecule has 172 valence electrons. The standard InChI is InChI=1S/C22H17ClF3N3O4/c1-31-15-11-17(23)20(27-12-15)29-9-10-32-19-16(3-2-4-18(19)29)21(30)28-13-5-7-14(8-6-13)33-22(24,25)26/h2-8,11-12H,9-10H2,1H3,(H,28,30). The monoisotopic (exact) mass is 479 g/mol. The maximum absolute atomic E-state index is 12.9. The summed E-state index contributed by atoms with van der Waals surface area (Å²) in [4.78, 5) is 19.1. The van der Waals surface area contributed by atoms with Crippen LogP contribution in [0, 0.1) is 0 Å². The fourth-order valence-corrected chi connectivity index (χ4v) is 3.57. The highest BCUT2D eigenvalue weighted by molar-refractivity contribution is 6.33. The van der Waals surface area contributed by atoms with Gasteiger partial charge in [0.15, 0.2) is 11.6 Å². The number of amides is 1. The van der Waals surface area contributed by atoms with Gasteiger partial charge in [-0.1, -0.05) is 17.7 Å². The summed E-state index contributed by atoms with van der Waals surface area (Å²) in [6.07, 6.45) is -3.25. The number of alkyl halides is 3. The van der Waals surface area contributed by atoms with Crippen LogP contribution in [0.1, 0.15) is 10.4 Å². The molecule has 33 heavy (non-hydrogen) atoms. The predicted octanol–water partition coefficient (Wildman–Crippen LogP) is 5.43. The summed E-state index contributed by atoms with van der Waals surface area (Å²) in [6.45, 7) is 0.739. The molecule has 2 aromatic carbocycles. The van der Waals surface area contributed by atoms with Gasteiger partial charge in [-0.05, 0) is 36.4 Å². The molecule has 3 aromatic rings. The quantitative estimate of drug-likeness (QED) is 0.526. The molecule has 1 aromatic heterocycles. The number of para-hydroxylation sites is 1. The normalized spacial score (nSPS) is 13.1. The summed E-state index contributed by atoms with van der Waals surface area (Å²) in [7, 11) is 1.51. The molecule has 0 bridgehead atoms. The van der Waals surface area contributed by atoms with Crippen LogP contribution >= 0.6 is 11.6 Å². The van der Waals surface area contributed by atoms with Gasteiger partial charge >= 0.3 is 6.36 Å². The van der Waals surface area contributed by atoms with Gasteiger partial charge in [-0.25, -0.2) is 4.98 Å². The molecule has 1 aliphatic rings. The Morgan fingerprint density at radius 2 is 1.94 bits per heavy atom. The first-order valence-corrected chi connectivity index (χ1v) is 10.0. The minimum Gasteiger partial charge on any atom is -0.495 e. The second-order valence-corrected chi connectivity index (χ2v) is 7.27. The van der Waals surface area contributed by atoms with Gasteiger partial charge in [-0.3, -0.25) is 4.79 Å². The van der Waals surface area contributed by atoms with Crippen molar-refractivity contribution in [2.24, 2.45) is 0 Å². The Morgan fingerprint density at radius 1 is 1.18 bits per heavy atom. The summed E-state index contributed by atoms with van der Waals surface area (Å²) in [5.74, 6) is 0.455. The van der Waals surface area contributed by atoms with E-state index in [1.807, 2.05) is 4.90 Å². The Bertz CT molecular complexity index is 1170. The van der Waals surface area contributed by atoms with E-state index in [-0.39, 0.29) is 17.9 Å². The number of hydrogen-bond donors (Lipinski definition) is 1. The number of ether oxygens (including phenoxy) is 3. The smallest absolute Gasteiger partial charge is 0.495 e. The zero-order valence-electron chi connectivity index (χ0n) is 17.1. The number of anilines is 3. The number of methoxy groups -OCH3 is 1. The fourth-order valence-electron chi connectivity index (χ4n) is 3.31. The van der Waals surface area contributed by atoms with Crippen LogP contribution < -0.4 is 24.4 Å². The highest BCUT2D eigenvalue weighted by Crippen LogP contribution is 2.41. The van der Waals surface area contributed by atoms with E-state index in [0.717, 1.165) is 12.1 Å². The Morgan fingerprint density at radius 3 is 2.61 bits per heavy atom. The van der Waals surface area contributed by atoms with Crippen molar-refractivity contribution < 1.29 is 32.2 Å². The topological polar surface area (TPSA) is 72.9 Å². The van der Waals surface area contributed by atoms with Crippen molar-refractivity contribution >= 4 is 34.7 Å². The lowest BCUT2D eigenvalue weighted by Gasteiger charge is -2.32. The number of carbonyl (C=O) groups excluding carboxylic acids is 1. The van der Waals surface area contributed by atoms with Gasteiger partial charge in [-0.2, -0.15) is 0 Å². The van der Waals surface area contributed by atoms with Crippen molar-refractivity contribution in [2.75, 3.05) is 30.5 Å². The number of benzene rings is 2. The third-order valence-electron chi connectivity index (χ3n) is 4.72. The van der Waals surface area contributed by atoms with Crippen LogP contribution in [-0.4, -0.2) is 37.5 Å². The summed E-state index contributed by atoms with van der Waals surface area (Å²) in [5.41, 5.74) is 1.14. The number of aromatic nitrogens is 1. The molecule has 0 saturated heterocycles. The van der Waals surface area contributed by atoms with E-state index >= 15 is 0 Å². The van der Waals surface area contributed by atoms with Crippen LogP contribution in [0.15, 0.2) is 54.7 Å². The SMILES string of the molecule is COc1cnc(N2CCOc3c(C(=O)Nc4ccc(OC(F)(F)F)cc4)cccc32)c(Cl)c1. The number of fused-ring (bicyclic) bond motifs is 1. The zero-order valence-corrected chi connectivity index (χ0v) is 17.9. The van der Waals surface area contributed by atoms with Crippen LogP contribution in [0.5, 0.6) is 17.2 Å². The molecule has 2 heterocycles. The number of nitrogens with zero attached hydrogens (tertiary/aromatic N) is 2. The molecule has 4 rings (SSSR count). The van der Waals surface area contributed by atoms with E-state index in [1.165, 1.54) is 19.2 Å². The van der Waals surface area contributed by atoms with Crippen LogP contribution in [0.4, 0.5) is 30.4 Å². The van der Waals surface area contributed by atoms with E-state index in [4.69, 9.17) is 21.1 Å². The van der Waals surface area contributed by atoms with E-state index in [9.17, 15) is 18.0 Å². The highest BCUT2D eigenvalue weighted by atomic mass is 35.5. The Balaban J connectivity index is 1.58. The predicted molar refractivity (Wildman–Crippen MR) is 116 cm³/mol. The molecule has 1 N–H and O–H groups in total. The van der Waals surface area contributed by atoms with Crippen molar-refractivity contribution in [3.05, 3.63) is 65.3 Å². The molecule has 1 amide bonds. The summed E-state index contributed by atoms with van der Waals surface area (Å²) in [6, 6.07) is 11.5. The molecule has 0 atom stereocenters. The molecule has 0 unspecified atom stereocenters. The maximum Gasteiger partial charge on any atom is 0.573 e. The molecule has 0 saturated carbocycles. The number of rotatable bonds is 5. The molecular weight excluding hydrogens is 463 g/mol. The second kappa shape index (κ2) is 9.07. The minimum absolute atomic E-state index is 0.248. The van der Waals surface area contributed by atoms with E-state index in [0.29, 0.717) is 40.3 Å². The largest absolute Gasteiger partial charge is 0.573 e. The Kier molecular flexibility index (Phi) is 6.19. The molecule has 11 heteroatoms. The maximum atomic E-state index is 12.9. The van der Waals surface area contributed by atoms with Crippen LogP contribution in [0.3, 0.4) is 0 Å². The lowest BCUT2D eigenvalue weighted by atomic mass is 10.1. The third-order valence-corrected chi connectivity index (χ3v) is 5.00. The zero-order chi connectivity index (χ0) is 23.6. The van der Waals surface area contributed by atoms with Gasteiger partial charge in [0.05, 0.1) is 36.1 Å². The second-order valence-electron chi connectivity index (χ2n) is 6.86. The Hall–Kier alpha value is -3.66. The van der Waals surface area contributed by atoms with Crippen molar-refractivity contribution in [3.63, 3.8) is 0 Å². The molecule has 7 nitrogen and oxygen atoms in total. The number of nitrogens with one attached hydrogen (secondary N) is 1. The van der Waals surface area contributed by atoms with Crippen LogP contribution in [0.2, 0.25) is 5.02 Å².